The van der Waals surface area contributed by atoms with Crippen molar-refractivity contribution in [2.45, 2.75) is 38.0 Å². The second kappa shape index (κ2) is 4.70. The SMILES string of the molecule is CCCC(=O)N1CCCC(Cl)C1. The highest BCUT2D eigenvalue weighted by molar-refractivity contribution is 6.20. The third-order valence-corrected chi connectivity index (χ3v) is 2.54. The number of likely N-dealkylation sites (tertiary alicyclic amines) is 1. The normalized spacial score (nSPS) is 24.2. The third-order valence-electron chi connectivity index (χ3n) is 2.18. The summed E-state index contributed by atoms with van der Waals surface area (Å²) in [5.74, 6) is 0.267. The van der Waals surface area contributed by atoms with E-state index in [9.17, 15) is 4.79 Å². The van der Waals surface area contributed by atoms with Crippen LogP contribution >= 0.6 is 11.6 Å². The molecule has 0 radical (unpaired) electrons. The molecule has 0 aromatic rings. The molecule has 1 fully saturated rings. The molecule has 0 spiro atoms. The molecule has 1 saturated heterocycles. The van der Waals surface area contributed by atoms with Crippen molar-refractivity contribution in [2.24, 2.45) is 0 Å². The van der Waals surface area contributed by atoms with Crippen LogP contribution in [0.15, 0.2) is 0 Å². The number of hydrogen-bond donors (Lipinski definition) is 0. The van der Waals surface area contributed by atoms with Crippen molar-refractivity contribution in [1.29, 1.82) is 0 Å². The molecule has 1 unspecified atom stereocenters. The first-order valence-electron chi connectivity index (χ1n) is 4.66. The summed E-state index contributed by atoms with van der Waals surface area (Å²) in [5, 5.41) is 0.180. The molecular weight excluding hydrogens is 174 g/mol. The van der Waals surface area contributed by atoms with Gasteiger partial charge < -0.3 is 4.90 Å². The number of carbonyl (C=O) groups is 1. The highest BCUT2D eigenvalue weighted by atomic mass is 35.5. The fourth-order valence-electron chi connectivity index (χ4n) is 1.52. The van der Waals surface area contributed by atoms with E-state index in [1.807, 2.05) is 11.8 Å². The van der Waals surface area contributed by atoms with Gasteiger partial charge in [0.15, 0.2) is 0 Å². The molecule has 1 amide bonds. The van der Waals surface area contributed by atoms with Crippen molar-refractivity contribution in [3.05, 3.63) is 0 Å². The lowest BCUT2D eigenvalue weighted by atomic mass is 10.1. The second-order valence-electron chi connectivity index (χ2n) is 3.33. The first-order valence-corrected chi connectivity index (χ1v) is 5.09. The van der Waals surface area contributed by atoms with E-state index in [1.54, 1.807) is 0 Å². The van der Waals surface area contributed by atoms with Gasteiger partial charge >= 0.3 is 0 Å². The number of carbonyl (C=O) groups excluding carboxylic acids is 1. The van der Waals surface area contributed by atoms with Gasteiger partial charge in [-0.05, 0) is 19.3 Å². The molecule has 70 valence electrons. The number of hydrogen-bond acceptors (Lipinski definition) is 1. The van der Waals surface area contributed by atoms with Crippen molar-refractivity contribution in [2.75, 3.05) is 13.1 Å². The minimum atomic E-state index is 0.180. The predicted molar refractivity (Wildman–Crippen MR) is 50.4 cm³/mol. The summed E-state index contributed by atoms with van der Waals surface area (Å²) in [5.41, 5.74) is 0. The van der Waals surface area contributed by atoms with Crippen LogP contribution in [-0.4, -0.2) is 29.3 Å². The van der Waals surface area contributed by atoms with Gasteiger partial charge in [0.25, 0.3) is 0 Å². The van der Waals surface area contributed by atoms with Gasteiger partial charge in [-0.1, -0.05) is 6.92 Å². The molecule has 1 heterocycles. The quantitative estimate of drug-likeness (QED) is 0.609. The van der Waals surface area contributed by atoms with E-state index in [2.05, 4.69) is 0 Å². The smallest absolute Gasteiger partial charge is 0.222 e. The van der Waals surface area contributed by atoms with Crippen LogP contribution in [0.5, 0.6) is 0 Å². The molecule has 0 saturated carbocycles. The Kier molecular flexibility index (Phi) is 3.86. The van der Waals surface area contributed by atoms with Gasteiger partial charge in [-0.2, -0.15) is 0 Å². The van der Waals surface area contributed by atoms with Crippen LogP contribution in [0.3, 0.4) is 0 Å². The Morgan fingerprint density at radius 3 is 3.00 bits per heavy atom. The number of piperidine rings is 1. The summed E-state index contributed by atoms with van der Waals surface area (Å²) < 4.78 is 0. The van der Waals surface area contributed by atoms with E-state index in [0.717, 1.165) is 32.4 Å². The van der Waals surface area contributed by atoms with Gasteiger partial charge in [0.1, 0.15) is 0 Å². The minimum Gasteiger partial charge on any atom is -0.341 e. The molecule has 0 aromatic heterocycles. The van der Waals surface area contributed by atoms with E-state index in [1.165, 1.54) is 0 Å². The Labute approximate surface area is 78.9 Å². The average molecular weight is 190 g/mol. The highest BCUT2D eigenvalue weighted by Gasteiger charge is 2.20. The molecule has 0 aromatic carbocycles. The summed E-state index contributed by atoms with van der Waals surface area (Å²) in [6.45, 7) is 3.68. The molecule has 12 heavy (non-hydrogen) atoms. The second-order valence-corrected chi connectivity index (χ2v) is 3.95. The van der Waals surface area contributed by atoms with E-state index >= 15 is 0 Å². The van der Waals surface area contributed by atoms with Gasteiger partial charge in [-0.3, -0.25) is 4.79 Å². The number of nitrogens with zero attached hydrogens (tertiary/aromatic N) is 1. The van der Waals surface area contributed by atoms with Crippen molar-refractivity contribution in [3.63, 3.8) is 0 Å². The highest BCUT2D eigenvalue weighted by Crippen LogP contribution is 2.15. The average Bonchev–Trinajstić information content (AvgIpc) is 2.05. The zero-order valence-electron chi connectivity index (χ0n) is 7.55. The van der Waals surface area contributed by atoms with Gasteiger partial charge in [0, 0.05) is 19.5 Å². The Bertz CT molecular complexity index is 161. The molecule has 0 aliphatic carbocycles. The number of halogens is 1. The first-order chi connectivity index (χ1) is 5.74. The van der Waals surface area contributed by atoms with Crippen LogP contribution in [0.1, 0.15) is 32.6 Å². The number of alkyl halides is 1. The lowest BCUT2D eigenvalue weighted by Crippen LogP contribution is -2.40. The van der Waals surface area contributed by atoms with E-state index in [-0.39, 0.29) is 11.3 Å². The van der Waals surface area contributed by atoms with Crippen molar-refractivity contribution in [1.82, 2.24) is 4.90 Å². The van der Waals surface area contributed by atoms with Gasteiger partial charge in [-0.15, -0.1) is 11.6 Å². The van der Waals surface area contributed by atoms with Crippen LogP contribution in [0.2, 0.25) is 0 Å². The van der Waals surface area contributed by atoms with Gasteiger partial charge in [0.05, 0.1) is 5.38 Å². The predicted octanol–water partition coefficient (Wildman–Crippen LogP) is 2.02. The molecule has 1 aliphatic heterocycles. The first kappa shape index (κ1) is 9.85. The van der Waals surface area contributed by atoms with Crippen molar-refractivity contribution >= 4 is 17.5 Å². The lowest BCUT2D eigenvalue weighted by Gasteiger charge is -2.29. The monoisotopic (exact) mass is 189 g/mol. The van der Waals surface area contributed by atoms with E-state index < -0.39 is 0 Å². The maximum Gasteiger partial charge on any atom is 0.222 e. The molecule has 1 atom stereocenters. The van der Waals surface area contributed by atoms with Crippen LogP contribution < -0.4 is 0 Å². The maximum absolute atomic E-state index is 11.4. The third kappa shape index (κ3) is 2.67. The van der Waals surface area contributed by atoms with Gasteiger partial charge in [0.2, 0.25) is 5.91 Å². The maximum atomic E-state index is 11.4. The molecule has 1 aliphatic rings. The van der Waals surface area contributed by atoms with Crippen LogP contribution in [0.4, 0.5) is 0 Å². The minimum absolute atomic E-state index is 0.180. The zero-order chi connectivity index (χ0) is 8.97. The summed E-state index contributed by atoms with van der Waals surface area (Å²) in [7, 11) is 0. The molecule has 0 bridgehead atoms. The van der Waals surface area contributed by atoms with Crippen LogP contribution in [0, 0.1) is 0 Å². The zero-order valence-corrected chi connectivity index (χ0v) is 8.31. The Morgan fingerprint density at radius 1 is 1.67 bits per heavy atom. The van der Waals surface area contributed by atoms with Crippen molar-refractivity contribution in [3.8, 4) is 0 Å². The van der Waals surface area contributed by atoms with Gasteiger partial charge in [-0.25, -0.2) is 0 Å². The Morgan fingerprint density at radius 2 is 2.42 bits per heavy atom. The lowest BCUT2D eigenvalue weighted by molar-refractivity contribution is -0.132. The Balaban J connectivity index is 2.35. The number of amides is 1. The molecule has 1 rings (SSSR count). The van der Waals surface area contributed by atoms with Crippen LogP contribution in [-0.2, 0) is 4.79 Å². The fourth-order valence-corrected chi connectivity index (χ4v) is 1.84. The molecule has 2 nitrogen and oxygen atoms in total. The van der Waals surface area contributed by atoms with E-state index in [4.69, 9.17) is 11.6 Å². The molecular formula is C9H16ClNO. The Hall–Kier alpha value is -0.240. The summed E-state index contributed by atoms with van der Waals surface area (Å²) in [6, 6.07) is 0. The summed E-state index contributed by atoms with van der Waals surface area (Å²) in [4.78, 5) is 13.3. The fraction of sp³-hybridized carbons (Fsp3) is 0.889. The standard InChI is InChI=1S/C9H16ClNO/c1-2-4-9(12)11-6-3-5-8(10)7-11/h8H,2-7H2,1H3. The largest absolute Gasteiger partial charge is 0.341 e. The topological polar surface area (TPSA) is 20.3 Å². The van der Waals surface area contributed by atoms with Crippen LogP contribution in [0.25, 0.3) is 0 Å². The number of rotatable bonds is 2. The molecule has 3 heteroatoms. The molecule has 0 N–H and O–H groups in total. The van der Waals surface area contributed by atoms with Crippen molar-refractivity contribution < 1.29 is 4.79 Å². The summed E-state index contributed by atoms with van der Waals surface area (Å²) >= 11 is 5.96. The summed E-state index contributed by atoms with van der Waals surface area (Å²) in [6.07, 6.45) is 3.72. The van der Waals surface area contributed by atoms with E-state index in [0.29, 0.717) is 6.42 Å².